The molecule has 4 nitrogen and oxygen atoms in total. The predicted octanol–water partition coefficient (Wildman–Crippen LogP) is 3.89. The first-order chi connectivity index (χ1) is 11.6. The number of hydrogen-bond donors (Lipinski definition) is 0. The lowest BCUT2D eigenvalue weighted by Crippen LogP contribution is -2.39. The van der Waals surface area contributed by atoms with Crippen LogP contribution in [0.15, 0.2) is 48.8 Å². The number of carbonyl (C=O) groups excluding carboxylic acids is 1. The maximum atomic E-state index is 13.2. The van der Waals surface area contributed by atoms with Crippen molar-refractivity contribution in [3.8, 4) is 0 Å². The van der Waals surface area contributed by atoms with Crippen molar-refractivity contribution in [3.05, 3.63) is 59.9 Å². The summed E-state index contributed by atoms with van der Waals surface area (Å²) in [6.07, 6.45) is 3.83. The minimum atomic E-state index is -0.273. The second-order valence-electron chi connectivity index (χ2n) is 6.54. The van der Waals surface area contributed by atoms with Crippen LogP contribution in [-0.2, 0) is 11.2 Å². The van der Waals surface area contributed by atoms with E-state index < -0.39 is 0 Å². The molecule has 0 aliphatic carbocycles. The van der Waals surface area contributed by atoms with Crippen LogP contribution in [0.1, 0.15) is 30.5 Å². The van der Waals surface area contributed by atoms with Gasteiger partial charge >= 0.3 is 0 Å². The summed E-state index contributed by atoms with van der Waals surface area (Å²) in [5.74, 6) is 0.128. The number of amides is 1. The number of para-hydroxylation sites is 2. The summed E-state index contributed by atoms with van der Waals surface area (Å²) in [5, 5.41) is 0. The lowest BCUT2D eigenvalue weighted by Gasteiger charge is -2.32. The van der Waals surface area contributed by atoms with Gasteiger partial charge in [-0.3, -0.25) is 4.79 Å². The van der Waals surface area contributed by atoms with E-state index in [1.165, 1.54) is 11.1 Å². The fourth-order valence-electron chi connectivity index (χ4n) is 3.59. The van der Waals surface area contributed by atoms with Crippen LogP contribution in [0.25, 0.3) is 11.0 Å². The Morgan fingerprint density at radius 3 is 2.92 bits per heavy atom. The zero-order valence-corrected chi connectivity index (χ0v) is 14.1. The zero-order chi connectivity index (χ0) is 16.7. The molecule has 0 saturated heterocycles. The summed E-state index contributed by atoms with van der Waals surface area (Å²) >= 11 is 0. The smallest absolute Gasteiger partial charge is 0.249 e. The average Bonchev–Trinajstić information content (AvgIpc) is 3.03. The molecule has 4 rings (SSSR count). The lowest BCUT2D eigenvalue weighted by atomic mass is 9.99. The molecule has 3 aromatic rings. The number of fused-ring (bicyclic) bond motifs is 2. The first-order valence-electron chi connectivity index (χ1n) is 8.47. The third-order valence-corrected chi connectivity index (χ3v) is 4.88. The summed E-state index contributed by atoms with van der Waals surface area (Å²) in [4.78, 5) is 19.5. The Hall–Kier alpha value is -2.62. The number of rotatable bonds is 2. The van der Waals surface area contributed by atoms with Crippen LogP contribution in [0.4, 0.5) is 5.69 Å². The normalized spacial score (nSPS) is 15.3. The van der Waals surface area contributed by atoms with Gasteiger partial charge in [0.2, 0.25) is 5.91 Å². The van der Waals surface area contributed by atoms with E-state index in [-0.39, 0.29) is 11.9 Å². The van der Waals surface area contributed by atoms with Crippen molar-refractivity contribution in [2.24, 2.45) is 0 Å². The fourth-order valence-corrected chi connectivity index (χ4v) is 3.59. The van der Waals surface area contributed by atoms with E-state index in [1.54, 1.807) is 6.33 Å². The van der Waals surface area contributed by atoms with Gasteiger partial charge in [0.1, 0.15) is 6.04 Å². The Bertz CT molecular complexity index is 912. The van der Waals surface area contributed by atoms with Crippen molar-refractivity contribution >= 4 is 22.6 Å². The molecule has 0 radical (unpaired) electrons. The van der Waals surface area contributed by atoms with Crippen molar-refractivity contribution in [1.82, 2.24) is 9.55 Å². The fraction of sp³-hybridized carbons (Fsp3) is 0.300. The molecule has 1 aliphatic rings. The van der Waals surface area contributed by atoms with Crippen LogP contribution in [0.3, 0.4) is 0 Å². The quantitative estimate of drug-likeness (QED) is 0.719. The van der Waals surface area contributed by atoms with E-state index in [4.69, 9.17) is 0 Å². The highest BCUT2D eigenvalue weighted by atomic mass is 16.2. The third-order valence-electron chi connectivity index (χ3n) is 4.88. The average molecular weight is 319 g/mol. The zero-order valence-electron chi connectivity index (χ0n) is 14.1. The first-order valence-corrected chi connectivity index (χ1v) is 8.47. The van der Waals surface area contributed by atoms with Gasteiger partial charge in [0, 0.05) is 12.2 Å². The molecular formula is C20H21N3O. The maximum absolute atomic E-state index is 13.2. The molecule has 4 heteroatoms. The second kappa shape index (κ2) is 5.78. The van der Waals surface area contributed by atoms with Crippen molar-refractivity contribution in [1.29, 1.82) is 0 Å². The Labute approximate surface area is 141 Å². The lowest BCUT2D eigenvalue weighted by molar-refractivity contribution is -0.121. The van der Waals surface area contributed by atoms with Crippen LogP contribution in [0, 0.1) is 6.92 Å². The Morgan fingerprint density at radius 1 is 1.21 bits per heavy atom. The van der Waals surface area contributed by atoms with Crippen molar-refractivity contribution < 1.29 is 4.79 Å². The van der Waals surface area contributed by atoms with Gasteiger partial charge in [-0.25, -0.2) is 4.98 Å². The van der Waals surface area contributed by atoms with E-state index in [2.05, 4.69) is 30.1 Å². The van der Waals surface area contributed by atoms with Gasteiger partial charge in [0.05, 0.1) is 17.4 Å². The molecular weight excluding hydrogens is 298 g/mol. The molecule has 24 heavy (non-hydrogen) atoms. The SMILES string of the molecule is Cc1ccc2c(c1)CCCN2C(=O)C(C)n1cnc2ccccc21. The largest absolute Gasteiger partial charge is 0.318 e. The number of anilines is 1. The minimum absolute atomic E-state index is 0.128. The van der Waals surface area contributed by atoms with Gasteiger partial charge < -0.3 is 9.47 Å². The van der Waals surface area contributed by atoms with E-state index in [0.29, 0.717) is 0 Å². The molecule has 1 aromatic heterocycles. The maximum Gasteiger partial charge on any atom is 0.249 e. The van der Waals surface area contributed by atoms with Gasteiger partial charge in [0.15, 0.2) is 0 Å². The van der Waals surface area contributed by atoms with E-state index in [1.807, 2.05) is 40.7 Å². The molecule has 1 atom stereocenters. The third kappa shape index (κ3) is 2.39. The number of aryl methyl sites for hydroxylation is 2. The highest BCUT2D eigenvalue weighted by Gasteiger charge is 2.27. The van der Waals surface area contributed by atoms with Crippen LogP contribution < -0.4 is 4.90 Å². The Balaban J connectivity index is 1.69. The molecule has 0 saturated carbocycles. The number of benzene rings is 2. The molecule has 1 amide bonds. The number of nitrogens with zero attached hydrogens (tertiary/aromatic N) is 3. The molecule has 0 bridgehead atoms. The molecule has 122 valence electrons. The molecule has 0 N–H and O–H groups in total. The van der Waals surface area contributed by atoms with Gasteiger partial charge in [-0.1, -0.05) is 29.8 Å². The van der Waals surface area contributed by atoms with E-state index in [9.17, 15) is 4.79 Å². The Kier molecular flexibility index (Phi) is 3.60. The molecule has 0 spiro atoms. The van der Waals surface area contributed by atoms with Crippen LogP contribution in [-0.4, -0.2) is 22.0 Å². The highest BCUT2D eigenvalue weighted by molar-refractivity contribution is 5.97. The van der Waals surface area contributed by atoms with E-state index >= 15 is 0 Å². The topological polar surface area (TPSA) is 38.1 Å². The molecule has 2 heterocycles. The second-order valence-corrected chi connectivity index (χ2v) is 6.54. The van der Waals surface area contributed by atoms with E-state index in [0.717, 1.165) is 36.1 Å². The number of aromatic nitrogens is 2. The summed E-state index contributed by atoms with van der Waals surface area (Å²) in [5.41, 5.74) is 5.51. The summed E-state index contributed by atoms with van der Waals surface area (Å²) in [6.45, 7) is 4.84. The summed E-state index contributed by atoms with van der Waals surface area (Å²) in [6, 6.07) is 14.0. The van der Waals surface area contributed by atoms with Gasteiger partial charge in [-0.15, -0.1) is 0 Å². The molecule has 2 aromatic carbocycles. The Morgan fingerprint density at radius 2 is 2.04 bits per heavy atom. The number of carbonyl (C=O) groups is 1. The minimum Gasteiger partial charge on any atom is -0.318 e. The standard InChI is InChI=1S/C20H21N3O/c1-14-9-10-18-16(12-14)6-5-11-22(18)20(24)15(2)23-13-21-17-7-3-4-8-19(17)23/h3-4,7-10,12-13,15H,5-6,11H2,1-2H3. The summed E-state index contributed by atoms with van der Waals surface area (Å²) < 4.78 is 1.97. The van der Waals surface area contributed by atoms with Gasteiger partial charge in [-0.05, 0) is 50.5 Å². The van der Waals surface area contributed by atoms with Crippen LogP contribution in [0.2, 0.25) is 0 Å². The highest BCUT2D eigenvalue weighted by Crippen LogP contribution is 2.30. The number of imidazole rings is 1. The van der Waals surface area contributed by atoms with Crippen LogP contribution in [0.5, 0.6) is 0 Å². The van der Waals surface area contributed by atoms with Crippen molar-refractivity contribution in [3.63, 3.8) is 0 Å². The monoisotopic (exact) mass is 319 g/mol. The molecule has 1 unspecified atom stereocenters. The van der Waals surface area contributed by atoms with Gasteiger partial charge in [0.25, 0.3) is 0 Å². The van der Waals surface area contributed by atoms with Crippen molar-refractivity contribution in [2.75, 3.05) is 11.4 Å². The first kappa shape index (κ1) is 14.9. The molecule has 1 aliphatic heterocycles. The van der Waals surface area contributed by atoms with Gasteiger partial charge in [-0.2, -0.15) is 0 Å². The predicted molar refractivity (Wildman–Crippen MR) is 96.3 cm³/mol. The number of hydrogen-bond acceptors (Lipinski definition) is 2. The van der Waals surface area contributed by atoms with Crippen LogP contribution >= 0.6 is 0 Å². The van der Waals surface area contributed by atoms with Crippen molar-refractivity contribution in [2.45, 2.75) is 32.7 Å². The summed E-state index contributed by atoms with van der Waals surface area (Å²) in [7, 11) is 0. The molecule has 0 fully saturated rings.